The summed E-state index contributed by atoms with van der Waals surface area (Å²) in [4.78, 5) is 34.5. The van der Waals surface area contributed by atoms with E-state index in [0.29, 0.717) is 22.6 Å². The van der Waals surface area contributed by atoms with Crippen molar-refractivity contribution in [2.75, 3.05) is 6.54 Å². The highest BCUT2D eigenvalue weighted by Gasteiger charge is 2.16. The van der Waals surface area contributed by atoms with Crippen LogP contribution in [0, 0.1) is 17.0 Å². The van der Waals surface area contributed by atoms with Crippen LogP contribution in [0.5, 0.6) is 0 Å². The third kappa shape index (κ3) is 5.34. The van der Waals surface area contributed by atoms with E-state index >= 15 is 0 Å². The summed E-state index contributed by atoms with van der Waals surface area (Å²) in [6, 6.07) is 14.5. The van der Waals surface area contributed by atoms with Crippen LogP contribution >= 0.6 is 11.6 Å². The molecule has 3 aromatic rings. The summed E-state index contributed by atoms with van der Waals surface area (Å²) in [7, 11) is 0. The normalized spacial score (nSPS) is 10.8. The molecule has 158 valence electrons. The van der Waals surface area contributed by atoms with E-state index in [4.69, 9.17) is 16.0 Å². The van der Waals surface area contributed by atoms with E-state index in [1.54, 1.807) is 55.5 Å². The lowest BCUT2D eigenvalue weighted by Gasteiger charge is -2.05. The fraction of sp³-hybridized carbons (Fsp3) is 0.0952. The Balaban J connectivity index is 1.56. The molecule has 9 nitrogen and oxygen atoms in total. The molecule has 2 aromatic carbocycles. The zero-order chi connectivity index (χ0) is 22.4. The number of amides is 2. The van der Waals surface area contributed by atoms with Crippen LogP contribution in [0.1, 0.15) is 21.7 Å². The number of benzene rings is 2. The molecule has 0 fully saturated rings. The van der Waals surface area contributed by atoms with Gasteiger partial charge in [-0.05, 0) is 31.2 Å². The molecule has 0 aliphatic rings. The van der Waals surface area contributed by atoms with E-state index < -0.39 is 16.7 Å². The maximum Gasteiger partial charge on any atom is 0.273 e. The number of nitrogens with zero attached hydrogens (tertiary/aromatic N) is 2. The zero-order valence-corrected chi connectivity index (χ0v) is 17.1. The van der Waals surface area contributed by atoms with Crippen LogP contribution in [0.25, 0.3) is 11.3 Å². The first kappa shape index (κ1) is 21.7. The number of nitro groups is 1. The predicted octanol–water partition coefficient (Wildman–Crippen LogP) is 3.70. The minimum Gasteiger partial charge on any atom is -0.455 e. The molecule has 0 radical (unpaired) electrons. The Morgan fingerprint density at radius 3 is 2.68 bits per heavy atom. The number of nitro benzene ring substituents is 1. The number of rotatable bonds is 7. The average molecular weight is 441 g/mol. The van der Waals surface area contributed by atoms with Crippen molar-refractivity contribution in [1.82, 2.24) is 10.7 Å². The molecular weight excluding hydrogens is 424 g/mol. The molecule has 0 spiro atoms. The molecule has 3 rings (SSSR count). The molecule has 31 heavy (non-hydrogen) atoms. The van der Waals surface area contributed by atoms with Gasteiger partial charge in [0.15, 0.2) is 0 Å². The first-order chi connectivity index (χ1) is 14.9. The number of hydrogen-bond donors (Lipinski definition) is 2. The minimum atomic E-state index is -0.544. The van der Waals surface area contributed by atoms with E-state index in [1.807, 2.05) is 0 Å². The molecular formula is C21H17ClN4O5. The van der Waals surface area contributed by atoms with Gasteiger partial charge in [0.1, 0.15) is 11.5 Å². The van der Waals surface area contributed by atoms with Gasteiger partial charge < -0.3 is 9.73 Å². The SMILES string of the molecule is Cc1c(-c2ccc(/C=N\NC(=O)CNC(=O)c3ccccc3Cl)o2)cccc1[N+](=O)[O-]. The Labute approximate surface area is 181 Å². The summed E-state index contributed by atoms with van der Waals surface area (Å²) >= 11 is 5.94. The minimum absolute atomic E-state index is 0.00443. The van der Waals surface area contributed by atoms with Crippen molar-refractivity contribution in [3.63, 3.8) is 0 Å². The number of halogens is 1. The van der Waals surface area contributed by atoms with E-state index in [-0.39, 0.29) is 22.8 Å². The van der Waals surface area contributed by atoms with Gasteiger partial charge in [-0.25, -0.2) is 5.43 Å². The molecule has 0 bridgehead atoms. The molecule has 0 aliphatic carbocycles. The van der Waals surface area contributed by atoms with Crippen LogP contribution in [0.4, 0.5) is 5.69 Å². The smallest absolute Gasteiger partial charge is 0.273 e. The molecule has 0 saturated heterocycles. The summed E-state index contributed by atoms with van der Waals surface area (Å²) in [5, 5.41) is 17.6. The number of hydrogen-bond acceptors (Lipinski definition) is 6. The maximum absolute atomic E-state index is 12.0. The van der Waals surface area contributed by atoms with Crippen molar-refractivity contribution in [2.45, 2.75) is 6.92 Å². The lowest BCUT2D eigenvalue weighted by molar-refractivity contribution is -0.385. The molecule has 10 heteroatoms. The Bertz CT molecular complexity index is 1170. The van der Waals surface area contributed by atoms with Crippen molar-refractivity contribution in [3.05, 3.63) is 86.6 Å². The molecule has 2 N–H and O–H groups in total. The highest BCUT2D eigenvalue weighted by atomic mass is 35.5. The zero-order valence-electron chi connectivity index (χ0n) is 16.3. The Morgan fingerprint density at radius 1 is 1.16 bits per heavy atom. The molecule has 0 atom stereocenters. The maximum atomic E-state index is 12.0. The summed E-state index contributed by atoms with van der Waals surface area (Å²) in [6.07, 6.45) is 1.28. The molecule has 1 heterocycles. The van der Waals surface area contributed by atoms with E-state index in [1.165, 1.54) is 12.3 Å². The Hall–Kier alpha value is -3.98. The predicted molar refractivity (Wildman–Crippen MR) is 115 cm³/mol. The molecule has 0 unspecified atom stereocenters. The quantitative estimate of drug-likeness (QED) is 0.329. The van der Waals surface area contributed by atoms with Crippen LogP contribution in [0.3, 0.4) is 0 Å². The van der Waals surface area contributed by atoms with Crippen molar-refractivity contribution >= 4 is 35.3 Å². The topological polar surface area (TPSA) is 127 Å². The number of carbonyl (C=O) groups excluding carboxylic acids is 2. The van der Waals surface area contributed by atoms with Gasteiger partial charge in [0.2, 0.25) is 0 Å². The number of nitrogens with one attached hydrogen (secondary N) is 2. The summed E-state index contributed by atoms with van der Waals surface area (Å²) < 4.78 is 5.63. The van der Waals surface area contributed by atoms with Crippen molar-refractivity contribution < 1.29 is 18.9 Å². The van der Waals surface area contributed by atoms with Gasteiger partial charge in [0.05, 0.1) is 28.3 Å². The lowest BCUT2D eigenvalue weighted by Crippen LogP contribution is -2.35. The standard InChI is InChI=1S/C21H17ClN4O5/c1-13-15(6-4-8-18(13)26(29)30)19-10-9-14(31-19)11-24-25-20(27)12-23-21(28)16-5-2-3-7-17(16)22/h2-11H,12H2,1H3,(H,23,28)(H,25,27)/b24-11-. The van der Waals surface area contributed by atoms with Gasteiger partial charge in [-0.1, -0.05) is 35.9 Å². The largest absolute Gasteiger partial charge is 0.455 e. The second-order valence-electron chi connectivity index (χ2n) is 6.36. The van der Waals surface area contributed by atoms with Gasteiger partial charge in [0.25, 0.3) is 17.5 Å². The van der Waals surface area contributed by atoms with E-state index in [0.717, 1.165) is 0 Å². The number of furan rings is 1. The average Bonchev–Trinajstić information content (AvgIpc) is 3.21. The van der Waals surface area contributed by atoms with Gasteiger partial charge in [-0.2, -0.15) is 5.10 Å². The second kappa shape index (κ2) is 9.68. The van der Waals surface area contributed by atoms with Crippen LogP contribution in [-0.2, 0) is 4.79 Å². The van der Waals surface area contributed by atoms with Crippen LogP contribution in [-0.4, -0.2) is 29.5 Å². The first-order valence-electron chi connectivity index (χ1n) is 9.05. The third-order valence-electron chi connectivity index (χ3n) is 4.30. The Morgan fingerprint density at radius 2 is 1.94 bits per heavy atom. The summed E-state index contributed by atoms with van der Waals surface area (Å²) in [5.41, 5.74) is 3.59. The fourth-order valence-corrected chi connectivity index (χ4v) is 2.99. The Kier molecular flexibility index (Phi) is 6.78. The number of hydrazone groups is 1. The molecule has 0 saturated carbocycles. The molecule has 1 aromatic heterocycles. The molecule has 0 aliphatic heterocycles. The van der Waals surface area contributed by atoms with Crippen molar-refractivity contribution in [3.8, 4) is 11.3 Å². The van der Waals surface area contributed by atoms with Crippen molar-refractivity contribution in [2.24, 2.45) is 5.10 Å². The van der Waals surface area contributed by atoms with E-state index in [9.17, 15) is 19.7 Å². The van der Waals surface area contributed by atoms with Gasteiger partial charge >= 0.3 is 0 Å². The van der Waals surface area contributed by atoms with E-state index in [2.05, 4.69) is 15.8 Å². The first-order valence-corrected chi connectivity index (χ1v) is 9.43. The van der Waals surface area contributed by atoms with Gasteiger partial charge in [-0.15, -0.1) is 0 Å². The number of carbonyl (C=O) groups is 2. The summed E-state index contributed by atoms with van der Waals surface area (Å²) in [6.45, 7) is 1.35. The third-order valence-corrected chi connectivity index (χ3v) is 4.63. The fourth-order valence-electron chi connectivity index (χ4n) is 2.76. The highest BCUT2D eigenvalue weighted by Crippen LogP contribution is 2.30. The lowest BCUT2D eigenvalue weighted by atomic mass is 10.1. The second-order valence-corrected chi connectivity index (χ2v) is 6.77. The summed E-state index contributed by atoms with van der Waals surface area (Å²) in [5.74, 6) is -0.256. The van der Waals surface area contributed by atoms with Crippen LogP contribution < -0.4 is 10.7 Å². The van der Waals surface area contributed by atoms with Crippen LogP contribution in [0.2, 0.25) is 5.02 Å². The van der Waals surface area contributed by atoms with Gasteiger partial charge in [-0.3, -0.25) is 19.7 Å². The van der Waals surface area contributed by atoms with Crippen LogP contribution in [0.15, 0.2) is 64.1 Å². The molecule has 2 amide bonds. The highest BCUT2D eigenvalue weighted by molar-refractivity contribution is 6.33. The van der Waals surface area contributed by atoms with Gasteiger partial charge in [0, 0.05) is 17.2 Å². The monoisotopic (exact) mass is 440 g/mol. The van der Waals surface area contributed by atoms with Crippen molar-refractivity contribution in [1.29, 1.82) is 0 Å².